The predicted octanol–water partition coefficient (Wildman–Crippen LogP) is 5.47. The summed E-state index contributed by atoms with van der Waals surface area (Å²) in [6.45, 7) is -0.0799. The van der Waals surface area contributed by atoms with Crippen molar-refractivity contribution < 1.29 is 9.90 Å². The predicted molar refractivity (Wildman–Crippen MR) is 126 cm³/mol. The Morgan fingerprint density at radius 3 is 2.13 bits per heavy atom. The Morgan fingerprint density at radius 1 is 0.871 bits per heavy atom. The van der Waals surface area contributed by atoms with Gasteiger partial charge in [0.2, 0.25) is 16.9 Å². The normalized spacial score (nSPS) is 11.0. The summed E-state index contributed by atoms with van der Waals surface area (Å²) in [5.74, 6) is -0.428. The van der Waals surface area contributed by atoms with Crippen molar-refractivity contribution in [3.05, 3.63) is 84.9 Å². The van der Waals surface area contributed by atoms with E-state index in [9.17, 15) is 9.90 Å². The van der Waals surface area contributed by atoms with Crippen LogP contribution in [0.2, 0.25) is 0 Å². The molecule has 1 aromatic heterocycles. The molecular formula is C23H19N5O2S. The monoisotopic (exact) mass is 429 g/mol. The summed E-state index contributed by atoms with van der Waals surface area (Å²) >= 11 is 5.23. The first kappa shape index (κ1) is 20.2. The average Bonchev–Trinajstić information content (AvgIpc) is 3.04. The van der Waals surface area contributed by atoms with Crippen LogP contribution < -0.4 is 10.6 Å². The number of carbonyl (C=O) groups is 1. The maximum Gasteiger partial charge on any atom is 0.244 e. The van der Waals surface area contributed by atoms with E-state index in [1.807, 2.05) is 72.8 Å². The molecule has 0 bridgehead atoms. The maximum atomic E-state index is 12.5. The SMILES string of the molecule is O=C(Cn1c(O)c(N=NC(=S)Nc2ccccc2)c2ccccc21)Nc1ccccc1. The Labute approximate surface area is 184 Å². The van der Waals surface area contributed by atoms with Crippen LogP contribution >= 0.6 is 12.2 Å². The van der Waals surface area contributed by atoms with Crippen molar-refractivity contribution >= 4 is 51.2 Å². The molecule has 0 aliphatic heterocycles. The Balaban J connectivity index is 1.57. The highest BCUT2D eigenvalue weighted by Crippen LogP contribution is 2.38. The number of hydrogen-bond donors (Lipinski definition) is 3. The minimum atomic E-state index is -0.271. The molecule has 1 amide bonds. The molecule has 4 aromatic rings. The molecule has 3 aromatic carbocycles. The summed E-state index contributed by atoms with van der Waals surface area (Å²) in [7, 11) is 0. The molecule has 0 atom stereocenters. The lowest BCUT2D eigenvalue weighted by atomic mass is 10.2. The minimum Gasteiger partial charge on any atom is -0.493 e. The smallest absolute Gasteiger partial charge is 0.244 e. The summed E-state index contributed by atoms with van der Waals surface area (Å²) in [5, 5.41) is 25.6. The van der Waals surface area contributed by atoms with E-state index in [2.05, 4.69) is 20.9 Å². The number of anilines is 2. The summed E-state index contributed by atoms with van der Waals surface area (Å²) < 4.78 is 1.50. The molecule has 4 rings (SSSR count). The number of rotatable bonds is 5. The van der Waals surface area contributed by atoms with Gasteiger partial charge in [-0.3, -0.25) is 4.79 Å². The van der Waals surface area contributed by atoms with E-state index in [1.165, 1.54) is 4.57 Å². The number of benzene rings is 3. The minimum absolute atomic E-state index is 0.0799. The highest BCUT2D eigenvalue weighted by Gasteiger charge is 2.18. The topological polar surface area (TPSA) is 91.0 Å². The molecule has 0 radical (unpaired) electrons. The molecule has 154 valence electrons. The molecule has 7 nitrogen and oxygen atoms in total. The number of aromatic nitrogens is 1. The van der Waals surface area contributed by atoms with Gasteiger partial charge in [0, 0.05) is 16.8 Å². The Hall–Kier alpha value is -4.04. The lowest BCUT2D eigenvalue weighted by Gasteiger charge is -2.08. The van der Waals surface area contributed by atoms with Gasteiger partial charge in [-0.2, -0.15) is 0 Å². The zero-order chi connectivity index (χ0) is 21.6. The standard InChI is InChI=1S/C23H19N5O2S/c29-20(24-16-9-3-1-4-10-16)15-28-19-14-8-7-13-18(19)21(22(28)30)26-27-23(31)25-17-11-5-2-6-12-17/h1-14,30H,15H2,(H,24,29)(H,25,31). The van der Waals surface area contributed by atoms with Gasteiger partial charge in [-0.05, 0) is 42.5 Å². The quantitative estimate of drug-likeness (QED) is 0.290. The first-order valence-corrected chi connectivity index (χ1v) is 9.95. The summed E-state index contributed by atoms with van der Waals surface area (Å²) in [6, 6.07) is 25.8. The molecule has 0 aliphatic carbocycles. The van der Waals surface area contributed by atoms with E-state index in [4.69, 9.17) is 12.2 Å². The Bertz CT molecular complexity index is 1250. The largest absolute Gasteiger partial charge is 0.493 e. The Kier molecular flexibility index (Phi) is 6.00. The van der Waals surface area contributed by atoms with Crippen LogP contribution in [0.15, 0.2) is 95.2 Å². The van der Waals surface area contributed by atoms with Gasteiger partial charge >= 0.3 is 0 Å². The lowest BCUT2D eigenvalue weighted by Crippen LogP contribution is -2.18. The lowest BCUT2D eigenvalue weighted by molar-refractivity contribution is -0.116. The number of thiocarbonyl (C=S) groups is 1. The van der Waals surface area contributed by atoms with Crippen LogP contribution in [0.5, 0.6) is 5.88 Å². The van der Waals surface area contributed by atoms with E-state index in [-0.39, 0.29) is 29.1 Å². The molecule has 31 heavy (non-hydrogen) atoms. The fraction of sp³-hybridized carbons (Fsp3) is 0.0435. The van der Waals surface area contributed by atoms with E-state index in [1.54, 1.807) is 12.1 Å². The van der Waals surface area contributed by atoms with Crippen molar-refractivity contribution in [2.75, 3.05) is 10.6 Å². The first-order valence-electron chi connectivity index (χ1n) is 9.54. The number of carbonyl (C=O) groups excluding carboxylic acids is 1. The van der Waals surface area contributed by atoms with Gasteiger partial charge in [0.15, 0.2) is 5.69 Å². The van der Waals surface area contributed by atoms with Crippen molar-refractivity contribution in [3.63, 3.8) is 0 Å². The van der Waals surface area contributed by atoms with Gasteiger partial charge in [-0.1, -0.05) is 54.6 Å². The number of hydrogen-bond acceptors (Lipinski definition) is 4. The van der Waals surface area contributed by atoms with Crippen LogP contribution in [0.1, 0.15) is 0 Å². The molecule has 0 unspecified atom stereocenters. The summed E-state index contributed by atoms with van der Waals surface area (Å²) in [4.78, 5) is 12.5. The van der Waals surface area contributed by atoms with Gasteiger partial charge in [-0.25, -0.2) is 0 Å². The fourth-order valence-electron chi connectivity index (χ4n) is 3.16. The van der Waals surface area contributed by atoms with E-state index in [0.717, 1.165) is 5.69 Å². The highest BCUT2D eigenvalue weighted by atomic mass is 32.1. The third-order valence-electron chi connectivity index (χ3n) is 4.54. The first-order chi connectivity index (χ1) is 15.1. The van der Waals surface area contributed by atoms with Crippen molar-refractivity contribution in [2.45, 2.75) is 6.54 Å². The van der Waals surface area contributed by atoms with E-state index < -0.39 is 0 Å². The van der Waals surface area contributed by atoms with Crippen molar-refractivity contribution in [2.24, 2.45) is 10.2 Å². The van der Waals surface area contributed by atoms with Crippen LogP contribution in [0.25, 0.3) is 10.9 Å². The van der Waals surface area contributed by atoms with Gasteiger partial charge in [0.1, 0.15) is 6.54 Å². The molecule has 0 saturated carbocycles. The van der Waals surface area contributed by atoms with Crippen molar-refractivity contribution in [3.8, 4) is 5.88 Å². The average molecular weight is 430 g/mol. The second-order valence-corrected chi connectivity index (χ2v) is 7.07. The molecule has 0 saturated heterocycles. The second-order valence-electron chi connectivity index (χ2n) is 6.69. The third-order valence-corrected chi connectivity index (χ3v) is 4.73. The van der Waals surface area contributed by atoms with Crippen molar-refractivity contribution in [1.82, 2.24) is 4.57 Å². The number of nitrogens with one attached hydrogen (secondary N) is 2. The van der Waals surface area contributed by atoms with Crippen molar-refractivity contribution in [1.29, 1.82) is 0 Å². The zero-order valence-corrected chi connectivity index (χ0v) is 17.2. The molecule has 0 spiro atoms. The van der Waals surface area contributed by atoms with Gasteiger partial charge in [0.25, 0.3) is 0 Å². The van der Waals surface area contributed by atoms with Crippen LogP contribution in [0.3, 0.4) is 0 Å². The highest BCUT2D eigenvalue weighted by molar-refractivity contribution is 7.80. The molecule has 8 heteroatoms. The van der Waals surface area contributed by atoms with Gasteiger partial charge < -0.3 is 20.3 Å². The Morgan fingerprint density at radius 2 is 1.45 bits per heavy atom. The van der Waals surface area contributed by atoms with E-state index >= 15 is 0 Å². The fourth-order valence-corrected chi connectivity index (χ4v) is 3.32. The molecule has 0 fully saturated rings. The molecular weight excluding hydrogens is 410 g/mol. The summed E-state index contributed by atoms with van der Waals surface area (Å²) in [6.07, 6.45) is 0. The van der Waals surface area contributed by atoms with Crippen LogP contribution in [0, 0.1) is 0 Å². The van der Waals surface area contributed by atoms with E-state index in [0.29, 0.717) is 16.6 Å². The number of nitrogens with zero attached hydrogens (tertiary/aromatic N) is 3. The third kappa shape index (κ3) is 4.76. The number of amides is 1. The van der Waals surface area contributed by atoms with Gasteiger partial charge in [0.05, 0.1) is 5.52 Å². The number of aromatic hydroxyl groups is 1. The van der Waals surface area contributed by atoms with Crippen LogP contribution in [0.4, 0.5) is 17.1 Å². The van der Waals surface area contributed by atoms with Gasteiger partial charge in [-0.15, -0.1) is 10.2 Å². The summed E-state index contributed by atoms with van der Waals surface area (Å²) in [5.41, 5.74) is 2.39. The molecule has 3 N–H and O–H groups in total. The zero-order valence-electron chi connectivity index (χ0n) is 16.4. The maximum absolute atomic E-state index is 12.5. The molecule has 0 aliphatic rings. The van der Waals surface area contributed by atoms with Crippen LogP contribution in [-0.2, 0) is 11.3 Å². The van der Waals surface area contributed by atoms with Crippen LogP contribution in [-0.4, -0.2) is 20.7 Å². The second kappa shape index (κ2) is 9.19. The number of fused-ring (bicyclic) bond motifs is 1. The number of azo groups is 1. The number of para-hydroxylation sites is 3. The molecule has 1 heterocycles.